The molecule has 1 aliphatic rings. The van der Waals surface area contributed by atoms with Gasteiger partial charge in [0.15, 0.2) is 0 Å². The van der Waals surface area contributed by atoms with Crippen LogP contribution in [0.1, 0.15) is 5.56 Å². The maximum absolute atomic E-state index is 12.4. The Balaban J connectivity index is 1.58. The molecule has 4 amide bonds. The van der Waals surface area contributed by atoms with E-state index in [2.05, 4.69) is 16.0 Å². The molecule has 150 valence electrons. The van der Waals surface area contributed by atoms with E-state index in [0.717, 1.165) is 5.56 Å². The van der Waals surface area contributed by atoms with E-state index in [1.165, 1.54) is 4.90 Å². The van der Waals surface area contributed by atoms with Crippen molar-refractivity contribution in [2.24, 2.45) is 0 Å². The number of amides is 4. The van der Waals surface area contributed by atoms with Gasteiger partial charge in [0.25, 0.3) is 0 Å². The number of aliphatic carboxylic acids is 1. The molecule has 0 aliphatic carbocycles. The summed E-state index contributed by atoms with van der Waals surface area (Å²) >= 11 is 0. The number of hydrogen-bond acceptors (Lipinski definition) is 5. The van der Waals surface area contributed by atoms with Crippen molar-refractivity contribution in [1.82, 2.24) is 10.6 Å². The fraction of sp³-hybridized carbons (Fsp3) is 0.200. The van der Waals surface area contributed by atoms with Gasteiger partial charge in [-0.25, -0.2) is 4.79 Å². The van der Waals surface area contributed by atoms with Crippen LogP contribution in [0, 0.1) is 0 Å². The molecule has 2 aromatic carbocycles. The SMILES string of the molecule is O=C1CN(C(=O)NCC(=O)N[C@H](Cc2ccccc2)C(=O)[O-])c2ccccc2N1. The summed E-state index contributed by atoms with van der Waals surface area (Å²) in [6, 6.07) is 13.7. The van der Waals surface area contributed by atoms with Crippen molar-refractivity contribution in [1.29, 1.82) is 0 Å². The summed E-state index contributed by atoms with van der Waals surface area (Å²) in [5.74, 6) is -2.46. The van der Waals surface area contributed by atoms with E-state index < -0.39 is 30.5 Å². The first-order valence-electron chi connectivity index (χ1n) is 8.92. The lowest BCUT2D eigenvalue weighted by atomic mass is 10.1. The fourth-order valence-electron chi connectivity index (χ4n) is 2.95. The number of anilines is 2. The molecular weight excluding hydrogens is 376 g/mol. The minimum atomic E-state index is -1.42. The van der Waals surface area contributed by atoms with Gasteiger partial charge in [-0.3, -0.25) is 14.5 Å². The van der Waals surface area contributed by atoms with Crippen molar-refractivity contribution in [3.8, 4) is 0 Å². The zero-order valence-corrected chi connectivity index (χ0v) is 15.4. The number of nitrogens with zero attached hydrogens (tertiary/aromatic N) is 1. The van der Waals surface area contributed by atoms with Gasteiger partial charge in [-0.2, -0.15) is 0 Å². The standard InChI is InChI=1S/C20H20N4O5/c25-17(23-15(19(27)28)10-13-6-2-1-3-7-13)11-21-20(29)24-12-18(26)22-14-8-4-5-9-16(14)24/h1-9,15H,10-12H2,(H,21,29)(H,22,26)(H,23,25)(H,27,28)/p-1/t15-/m1/s1. The van der Waals surface area contributed by atoms with Crippen molar-refractivity contribution in [2.75, 3.05) is 23.3 Å². The second kappa shape index (κ2) is 8.87. The zero-order chi connectivity index (χ0) is 20.8. The molecule has 0 aromatic heterocycles. The van der Waals surface area contributed by atoms with E-state index in [-0.39, 0.29) is 18.9 Å². The minimum Gasteiger partial charge on any atom is -0.548 e. The average Bonchev–Trinajstić information content (AvgIpc) is 2.71. The summed E-state index contributed by atoms with van der Waals surface area (Å²) in [7, 11) is 0. The Kier molecular flexibility index (Phi) is 6.08. The Bertz CT molecular complexity index is 931. The van der Waals surface area contributed by atoms with Crippen LogP contribution >= 0.6 is 0 Å². The maximum atomic E-state index is 12.4. The highest BCUT2D eigenvalue weighted by molar-refractivity contribution is 6.09. The number of rotatable bonds is 6. The van der Waals surface area contributed by atoms with Gasteiger partial charge in [0.2, 0.25) is 11.8 Å². The molecule has 9 nitrogen and oxygen atoms in total. The zero-order valence-electron chi connectivity index (χ0n) is 15.4. The Labute approximate surface area is 166 Å². The summed E-state index contributed by atoms with van der Waals surface area (Å²) in [5, 5.41) is 18.7. The third kappa shape index (κ3) is 5.10. The smallest absolute Gasteiger partial charge is 0.322 e. The molecule has 0 bridgehead atoms. The molecule has 1 aliphatic heterocycles. The normalized spacial score (nSPS) is 13.7. The molecule has 9 heteroatoms. The number of fused-ring (bicyclic) bond motifs is 1. The van der Waals surface area contributed by atoms with Crippen LogP contribution in [0.4, 0.5) is 16.2 Å². The third-order valence-electron chi connectivity index (χ3n) is 4.32. The van der Waals surface area contributed by atoms with Crippen LogP contribution in [0.2, 0.25) is 0 Å². The topological polar surface area (TPSA) is 131 Å². The number of carboxylic acid groups (broad SMARTS) is 1. The van der Waals surface area contributed by atoms with E-state index in [0.29, 0.717) is 11.4 Å². The summed E-state index contributed by atoms with van der Waals surface area (Å²) in [6.07, 6.45) is 0.0581. The highest BCUT2D eigenvalue weighted by Gasteiger charge is 2.27. The molecule has 0 spiro atoms. The second-order valence-corrected chi connectivity index (χ2v) is 6.44. The first kappa shape index (κ1) is 19.9. The number of carboxylic acids is 1. The van der Waals surface area contributed by atoms with Crippen LogP contribution in [0.25, 0.3) is 0 Å². The quantitative estimate of drug-likeness (QED) is 0.614. The van der Waals surface area contributed by atoms with Crippen molar-refractivity contribution < 1.29 is 24.3 Å². The van der Waals surface area contributed by atoms with Gasteiger partial charge in [0, 0.05) is 0 Å². The van der Waals surface area contributed by atoms with E-state index in [1.807, 2.05) is 0 Å². The highest BCUT2D eigenvalue weighted by atomic mass is 16.4. The first-order chi connectivity index (χ1) is 13.9. The van der Waals surface area contributed by atoms with Crippen LogP contribution in [-0.4, -0.2) is 42.9 Å². The molecule has 0 saturated carbocycles. The molecule has 1 atom stereocenters. The van der Waals surface area contributed by atoms with Gasteiger partial charge < -0.3 is 25.9 Å². The van der Waals surface area contributed by atoms with Gasteiger partial charge in [0.1, 0.15) is 6.54 Å². The lowest BCUT2D eigenvalue weighted by Gasteiger charge is -2.29. The number of urea groups is 1. The average molecular weight is 395 g/mol. The molecule has 2 aromatic rings. The first-order valence-corrected chi connectivity index (χ1v) is 8.92. The monoisotopic (exact) mass is 395 g/mol. The van der Waals surface area contributed by atoms with Crippen molar-refractivity contribution in [3.63, 3.8) is 0 Å². The number of para-hydroxylation sites is 2. The lowest BCUT2D eigenvalue weighted by molar-refractivity contribution is -0.308. The molecule has 3 N–H and O–H groups in total. The van der Waals surface area contributed by atoms with Gasteiger partial charge in [-0.15, -0.1) is 0 Å². The van der Waals surface area contributed by atoms with E-state index in [4.69, 9.17) is 0 Å². The predicted octanol–water partition coefficient (Wildman–Crippen LogP) is -0.368. The van der Waals surface area contributed by atoms with Gasteiger partial charge >= 0.3 is 6.03 Å². The van der Waals surface area contributed by atoms with Crippen LogP contribution in [0.15, 0.2) is 54.6 Å². The van der Waals surface area contributed by atoms with Crippen LogP contribution in [0.5, 0.6) is 0 Å². The number of hydrogen-bond donors (Lipinski definition) is 3. The maximum Gasteiger partial charge on any atom is 0.322 e. The Morgan fingerprint density at radius 3 is 2.48 bits per heavy atom. The minimum absolute atomic E-state index is 0.0581. The second-order valence-electron chi connectivity index (χ2n) is 6.44. The molecular formula is C20H19N4O5-. The van der Waals surface area contributed by atoms with Crippen molar-refractivity contribution in [2.45, 2.75) is 12.5 Å². The predicted molar refractivity (Wildman–Crippen MR) is 103 cm³/mol. The van der Waals surface area contributed by atoms with E-state index >= 15 is 0 Å². The van der Waals surface area contributed by atoms with Crippen LogP contribution < -0.4 is 26.0 Å². The van der Waals surface area contributed by atoms with Crippen molar-refractivity contribution >= 4 is 35.2 Å². The molecule has 1 heterocycles. The van der Waals surface area contributed by atoms with E-state index in [1.54, 1.807) is 54.6 Å². The highest BCUT2D eigenvalue weighted by Crippen LogP contribution is 2.28. The Morgan fingerprint density at radius 1 is 1.07 bits per heavy atom. The molecule has 3 rings (SSSR count). The molecule has 0 radical (unpaired) electrons. The van der Waals surface area contributed by atoms with Gasteiger partial charge in [-0.1, -0.05) is 42.5 Å². The summed E-state index contributed by atoms with van der Waals surface area (Å²) in [6.45, 7) is -0.641. The number of carbonyl (C=O) groups is 4. The Morgan fingerprint density at radius 2 is 1.76 bits per heavy atom. The number of carbonyl (C=O) groups excluding carboxylic acids is 4. The summed E-state index contributed by atoms with van der Waals surface area (Å²) < 4.78 is 0. The number of benzene rings is 2. The summed E-state index contributed by atoms with van der Waals surface area (Å²) in [5.41, 5.74) is 1.71. The molecule has 29 heavy (non-hydrogen) atoms. The largest absolute Gasteiger partial charge is 0.548 e. The molecule has 0 fully saturated rings. The molecule has 0 unspecified atom stereocenters. The number of nitrogens with one attached hydrogen (secondary N) is 3. The van der Waals surface area contributed by atoms with Gasteiger partial charge in [0.05, 0.1) is 29.9 Å². The van der Waals surface area contributed by atoms with Crippen molar-refractivity contribution in [3.05, 3.63) is 60.2 Å². The molecule has 0 saturated heterocycles. The van der Waals surface area contributed by atoms with Crippen LogP contribution in [0.3, 0.4) is 0 Å². The van der Waals surface area contributed by atoms with Gasteiger partial charge in [-0.05, 0) is 24.1 Å². The lowest BCUT2D eigenvalue weighted by Crippen LogP contribution is -2.53. The third-order valence-corrected chi connectivity index (χ3v) is 4.32. The Hall–Kier alpha value is -3.88. The van der Waals surface area contributed by atoms with Crippen LogP contribution in [-0.2, 0) is 20.8 Å². The summed E-state index contributed by atoms with van der Waals surface area (Å²) in [4.78, 5) is 48.9. The fourth-order valence-corrected chi connectivity index (χ4v) is 2.95. The van der Waals surface area contributed by atoms with E-state index in [9.17, 15) is 24.3 Å².